The first kappa shape index (κ1) is 21.2. The van der Waals surface area contributed by atoms with Gasteiger partial charge in [0.2, 0.25) is 0 Å². The zero-order valence-electron chi connectivity index (χ0n) is 18.3. The lowest BCUT2D eigenvalue weighted by Gasteiger charge is -2.08. The number of para-hydroxylation sites is 1. The molecule has 0 atom stereocenters. The molecule has 34 heavy (non-hydrogen) atoms. The lowest BCUT2D eigenvalue weighted by molar-refractivity contribution is 0.0474. The van der Waals surface area contributed by atoms with E-state index in [1.807, 2.05) is 60.7 Å². The summed E-state index contributed by atoms with van der Waals surface area (Å²) in [5.41, 5.74) is 2.81. The molecular formula is C27H20N2O5. The van der Waals surface area contributed by atoms with E-state index in [2.05, 4.69) is 5.10 Å². The maximum absolute atomic E-state index is 13.2. The Labute approximate surface area is 194 Å². The van der Waals surface area contributed by atoms with Crippen LogP contribution in [0.25, 0.3) is 27.9 Å². The molecule has 5 aromatic rings. The number of fused-ring (bicyclic) bond motifs is 1. The van der Waals surface area contributed by atoms with Crippen LogP contribution in [0.2, 0.25) is 0 Å². The number of methoxy groups -OCH3 is 1. The van der Waals surface area contributed by atoms with Crippen LogP contribution in [0, 0.1) is 0 Å². The number of esters is 1. The van der Waals surface area contributed by atoms with Crippen molar-refractivity contribution in [3.05, 3.63) is 113 Å². The smallest absolute Gasteiger partial charge is 0.342 e. The molecule has 0 aliphatic carbocycles. The highest BCUT2D eigenvalue weighted by Gasteiger charge is 2.20. The number of nitrogens with zero attached hydrogens (tertiary/aromatic N) is 2. The molecule has 0 radical (unpaired) electrons. The molecule has 5 rings (SSSR count). The van der Waals surface area contributed by atoms with Gasteiger partial charge in [0.1, 0.15) is 29.2 Å². The average molecular weight is 452 g/mol. The molecule has 0 amide bonds. The average Bonchev–Trinajstić information content (AvgIpc) is 3.33. The van der Waals surface area contributed by atoms with E-state index in [0.717, 1.165) is 11.3 Å². The normalized spacial score (nSPS) is 10.9. The molecule has 0 spiro atoms. The molecule has 0 saturated heterocycles. The van der Waals surface area contributed by atoms with Gasteiger partial charge in [0.25, 0.3) is 0 Å². The standard InChI is InChI=1S/C27H20N2O5/c1-32-21-12-13-22-19(14-25(30)34-24(22)15-21)17-33-27(31)23-16-29(20-10-6-3-7-11-20)28-26(23)18-8-4-2-5-9-18/h2-16H,17H2,1H3. The van der Waals surface area contributed by atoms with E-state index in [1.54, 1.807) is 29.1 Å². The monoisotopic (exact) mass is 452 g/mol. The molecule has 0 bridgehead atoms. The SMILES string of the molecule is COc1ccc2c(COC(=O)c3cn(-c4ccccc4)nc3-c3ccccc3)cc(=O)oc2c1. The largest absolute Gasteiger partial charge is 0.497 e. The van der Waals surface area contributed by atoms with Crippen LogP contribution >= 0.6 is 0 Å². The maximum atomic E-state index is 13.2. The van der Waals surface area contributed by atoms with E-state index >= 15 is 0 Å². The third kappa shape index (κ3) is 4.19. The number of hydrogen-bond donors (Lipinski definition) is 0. The first-order valence-electron chi connectivity index (χ1n) is 10.6. The molecule has 0 aliphatic heterocycles. The molecule has 0 fully saturated rings. The zero-order chi connectivity index (χ0) is 23.5. The highest BCUT2D eigenvalue weighted by molar-refractivity contribution is 5.96. The third-order valence-electron chi connectivity index (χ3n) is 5.40. The van der Waals surface area contributed by atoms with Gasteiger partial charge in [-0.3, -0.25) is 0 Å². The highest BCUT2D eigenvalue weighted by atomic mass is 16.5. The van der Waals surface area contributed by atoms with Gasteiger partial charge in [-0.15, -0.1) is 0 Å². The molecule has 7 nitrogen and oxygen atoms in total. The predicted octanol–water partition coefficient (Wildman–Crippen LogP) is 5.01. The van der Waals surface area contributed by atoms with Crippen LogP contribution < -0.4 is 10.4 Å². The third-order valence-corrected chi connectivity index (χ3v) is 5.40. The lowest BCUT2D eigenvalue weighted by atomic mass is 10.1. The van der Waals surface area contributed by atoms with Crippen molar-refractivity contribution in [1.29, 1.82) is 0 Å². The summed E-state index contributed by atoms with van der Waals surface area (Å²) < 4.78 is 17.8. The Balaban J connectivity index is 1.48. The Morgan fingerprint density at radius 3 is 2.44 bits per heavy atom. The van der Waals surface area contributed by atoms with Crippen LogP contribution in [-0.4, -0.2) is 22.9 Å². The van der Waals surface area contributed by atoms with E-state index in [9.17, 15) is 9.59 Å². The van der Waals surface area contributed by atoms with E-state index < -0.39 is 11.6 Å². The fraction of sp³-hybridized carbons (Fsp3) is 0.0741. The van der Waals surface area contributed by atoms with Crippen LogP contribution in [0.1, 0.15) is 15.9 Å². The zero-order valence-corrected chi connectivity index (χ0v) is 18.3. The summed E-state index contributed by atoms with van der Waals surface area (Å²) in [4.78, 5) is 25.2. The molecule has 168 valence electrons. The maximum Gasteiger partial charge on any atom is 0.342 e. The second-order valence-electron chi connectivity index (χ2n) is 7.57. The minimum Gasteiger partial charge on any atom is -0.497 e. The van der Waals surface area contributed by atoms with Crippen molar-refractivity contribution in [3.8, 4) is 22.7 Å². The van der Waals surface area contributed by atoms with Crippen LogP contribution in [0.5, 0.6) is 5.75 Å². The van der Waals surface area contributed by atoms with Gasteiger partial charge in [0.15, 0.2) is 0 Å². The minimum atomic E-state index is -0.545. The molecule has 0 N–H and O–H groups in total. The summed E-state index contributed by atoms with van der Waals surface area (Å²) in [7, 11) is 1.53. The molecule has 7 heteroatoms. The molecule has 3 aromatic carbocycles. The van der Waals surface area contributed by atoms with Gasteiger partial charge in [-0.05, 0) is 24.3 Å². The molecule has 0 aliphatic rings. The summed E-state index contributed by atoms with van der Waals surface area (Å²) in [6.07, 6.45) is 1.66. The van der Waals surface area contributed by atoms with E-state index in [1.165, 1.54) is 13.2 Å². The summed E-state index contributed by atoms with van der Waals surface area (Å²) in [6, 6.07) is 25.4. The number of aromatic nitrogens is 2. The molecule has 0 unspecified atom stereocenters. The van der Waals surface area contributed by atoms with Gasteiger partial charge in [-0.2, -0.15) is 5.10 Å². The van der Waals surface area contributed by atoms with Crippen LogP contribution in [0.15, 0.2) is 100 Å². The van der Waals surface area contributed by atoms with Gasteiger partial charge in [0, 0.05) is 34.8 Å². The van der Waals surface area contributed by atoms with Gasteiger partial charge in [0.05, 0.1) is 12.8 Å². The number of benzene rings is 3. The van der Waals surface area contributed by atoms with Gasteiger partial charge < -0.3 is 13.9 Å². The Morgan fingerprint density at radius 2 is 1.71 bits per heavy atom. The van der Waals surface area contributed by atoms with Crippen molar-refractivity contribution in [2.75, 3.05) is 7.11 Å². The van der Waals surface area contributed by atoms with Crippen molar-refractivity contribution in [2.45, 2.75) is 6.61 Å². The van der Waals surface area contributed by atoms with Crippen molar-refractivity contribution in [2.24, 2.45) is 0 Å². The summed E-state index contributed by atoms with van der Waals surface area (Å²) in [5, 5.41) is 5.31. The van der Waals surface area contributed by atoms with Gasteiger partial charge >= 0.3 is 11.6 Å². The number of hydrogen-bond acceptors (Lipinski definition) is 6. The van der Waals surface area contributed by atoms with Crippen molar-refractivity contribution < 1.29 is 18.7 Å². The van der Waals surface area contributed by atoms with E-state index in [4.69, 9.17) is 13.9 Å². The number of carbonyl (C=O) groups excluding carboxylic acids is 1. The summed E-state index contributed by atoms with van der Waals surface area (Å²) in [6.45, 7) is -0.0992. The molecule has 2 heterocycles. The van der Waals surface area contributed by atoms with Crippen molar-refractivity contribution >= 4 is 16.9 Å². The molecule has 0 saturated carbocycles. The lowest BCUT2D eigenvalue weighted by Crippen LogP contribution is -2.08. The number of ether oxygens (including phenoxy) is 2. The first-order valence-corrected chi connectivity index (χ1v) is 10.6. The second-order valence-corrected chi connectivity index (χ2v) is 7.57. The Morgan fingerprint density at radius 1 is 0.971 bits per heavy atom. The van der Waals surface area contributed by atoms with Gasteiger partial charge in [-0.1, -0.05) is 48.5 Å². The fourth-order valence-corrected chi connectivity index (χ4v) is 3.72. The molecular weight excluding hydrogens is 432 g/mol. The van der Waals surface area contributed by atoms with E-state index in [-0.39, 0.29) is 6.61 Å². The highest BCUT2D eigenvalue weighted by Crippen LogP contribution is 2.26. The Hall–Kier alpha value is -4.65. The summed E-state index contributed by atoms with van der Waals surface area (Å²) >= 11 is 0. The number of carbonyl (C=O) groups is 1. The van der Waals surface area contributed by atoms with Crippen molar-refractivity contribution in [3.63, 3.8) is 0 Å². The summed E-state index contributed by atoms with van der Waals surface area (Å²) in [5.74, 6) is 0.0153. The topological polar surface area (TPSA) is 83.6 Å². The molecule has 2 aromatic heterocycles. The van der Waals surface area contributed by atoms with E-state index in [0.29, 0.717) is 33.5 Å². The predicted molar refractivity (Wildman–Crippen MR) is 127 cm³/mol. The fourth-order valence-electron chi connectivity index (χ4n) is 3.72. The quantitative estimate of drug-likeness (QED) is 0.266. The minimum absolute atomic E-state index is 0.0992. The van der Waals surface area contributed by atoms with Crippen LogP contribution in [-0.2, 0) is 11.3 Å². The Bertz CT molecular complexity index is 1520. The Kier molecular flexibility index (Phi) is 5.66. The first-order chi connectivity index (χ1) is 16.6. The van der Waals surface area contributed by atoms with Crippen LogP contribution in [0.3, 0.4) is 0 Å². The second kappa shape index (κ2) is 9.07. The van der Waals surface area contributed by atoms with Crippen LogP contribution in [0.4, 0.5) is 0 Å². The van der Waals surface area contributed by atoms with Gasteiger partial charge in [-0.25, -0.2) is 14.3 Å². The number of rotatable bonds is 6. The van der Waals surface area contributed by atoms with Crippen molar-refractivity contribution in [1.82, 2.24) is 9.78 Å².